The molecule has 0 aromatic carbocycles. The van der Waals surface area contributed by atoms with Gasteiger partial charge in [0.05, 0.1) is 6.42 Å². The van der Waals surface area contributed by atoms with E-state index in [4.69, 9.17) is 84.9 Å². The van der Waals surface area contributed by atoms with Crippen molar-refractivity contribution in [3.8, 4) is 0 Å². The van der Waals surface area contributed by atoms with Gasteiger partial charge in [-0.2, -0.15) is 13.2 Å². The number of nitrogens with one attached hydrogen (secondary N) is 5. The number of nitrogens with two attached hydrogens (primary N) is 2. The van der Waals surface area contributed by atoms with Crippen molar-refractivity contribution in [2.45, 2.75) is 326 Å². The van der Waals surface area contributed by atoms with Gasteiger partial charge in [0, 0.05) is 32.5 Å². The molecule has 0 bridgehead atoms. The number of imide groups is 1. The van der Waals surface area contributed by atoms with Crippen LogP contribution in [0, 0.1) is 0 Å². The fourth-order valence-electron chi connectivity index (χ4n) is 6.91. The van der Waals surface area contributed by atoms with E-state index in [-0.39, 0.29) is 102 Å². The molecule has 0 aromatic heterocycles. The number of carboxylic acid groups (broad SMARTS) is 6. The number of amides is 7. The standard InChI is InChI=1S/C18H28N2O8.C18H32N2O7Se.C14H25NO6.C9H16N2O5Se.C4H9NO2Se.C4H10O.C2HF3O2.CH4/c1-17(2,3)26-15(24)11(19-16(25)27-18(4,5)6)7-10-14(23)28-20-12(21)8-9-13(20)22;1-17(2,3)26-15(24)11(20-16(25)27-18(4,5)6)8-9-13(21)19-12(10-28-7)14(22)23;1-13(2,3)20-11(18)9(7-8-10(16)17)15-12(19)21-14(4,5)6;1-17-4-6(9(15)16)11-7(12)3-2-5(10)8(13)14;1-8-2-3(5)4(6)7;1-3-5-4-2;3-2(4,5)1(6)7;/h11H,7-10H2,1-6H3,(H,19,25);11-12H,8-10H2,1-7H3,(H,19,21)(H,20,25)(H,22,23);9H,7-8H2,1-6H3,(H,15,19)(H,16,17);5-6H,2-4,10H2,1H3,(H,11,12)(H,13,14)(H,15,16);3H,2,5H2,1H3,(H,6,7);3-4H2,1-2H3;(H,6,7);1H4. The molecule has 1 aliphatic heterocycles. The zero-order valence-electron chi connectivity index (χ0n) is 69.0. The summed E-state index contributed by atoms with van der Waals surface area (Å²) in [6.07, 6.45) is -8.70. The average molecular weight is 1870 g/mol. The van der Waals surface area contributed by atoms with Crippen molar-refractivity contribution >= 4 is 146 Å². The number of carboxylic acids is 6. The molecule has 45 heteroatoms. The third-order valence-electron chi connectivity index (χ3n) is 11.5. The number of halogens is 3. The summed E-state index contributed by atoms with van der Waals surface area (Å²) in [5.74, 6) is -7.59. The van der Waals surface area contributed by atoms with E-state index in [1.807, 2.05) is 31.3 Å². The van der Waals surface area contributed by atoms with Gasteiger partial charge in [-0.15, -0.1) is 5.06 Å². The number of alkyl halides is 3. The summed E-state index contributed by atoms with van der Waals surface area (Å²) in [5.41, 5.74) is 5.81. The summed E-state index contributed by atoms with van der Waals surface area (Å²) >= 11 is 0.583. The molecule has 7 atom stereocenters. The molecular formula is C70H125F3N8O31Se3. The van der Waals surface area contributed by atoms with Gasteiger partial charge in [-0.25, -0.2) is 28.8 Å². The van der Waals surface area contributed by atoms with Crippen molar-refractivity contribution in [3.63, 3.8) is 0 Å². The smallest absolute Gasteiger partial charge is 0.475 e. The predicted octanol–water partition coefficient (Wildman–Crippen LogP) is 6.24. The second kappa shape index (κ2) is 59.5. The molecule has 0 saturated carbocycles. The fourth-order valence-corrected chi connectivity index (χ4v) is 10.3. The monoisotopic (exact) mass is 1870 g/mol. The van der Waals surface area contributed by atoms with Gasteiger partial charge in [0.15, 0.2) is 0 Å². The number of carbonyl (C=O) groups excluding carboxylic acids is 11. The van der Waals surface area contributed by atoms with Crippen LogP contribution < -0.4 is 38.1 Å². The van der Waals surface area contributed by atoms with Crippen LogP contribution in [0.5, 0.6) is 0 Å². The van der Waals surface area contributed by atoms with Gasteiger partial charge in [-0.3, -0.25) is 14.4 Å². The van der Waals surface area contributed by atoms with Crippen LogP contribution >= 0.6 is 0 Å². The summed E-state index contributed by atoms with van der Waals surface area (Å²) in [5, 5.41) is 64.2. The van der Waals surface area contributed by atoms with E-state index in [0.29, 0.717) is 36.0 Å². The molecule has 670 valence electrons. The molecule has 1 fully saturated rings. The zero-order chi connectivity index (χ0) is 90.9. The molecule has 7 amide bonds. The van der Waals surface area contributed by atoms with Gasteiger partial charge in [0.25, 0.3) is 11.8 Å². The second-order valence-corrected chi connectivity index (χ2v) is 35.3. The Hall–Kier alpha value is -8.18. The van der Waals surface area contributed by atoms with Gasteiger partial charge < -0.3 is 49.4 Å². The minimum absolute atomic E-state index is 0. The molecule has 1 aliphatic rings. The van der Waals surface area contributed by atoms with E-state index >= 15 is 0 Å². The molecule has 115 heavy (non-hydrogen) atoms. The van der Waals surface area contributed by atoms with Gasteiger partial charge in [0.2, 0.25) is 0 Å². The molecule has 0 aromatic rings. The summed E-state index contributed by atoms with van der Waals surface area (Å²) < 4.78 is 67.6. The van der Waals surface area contributed by atoms with Crippen LogP contribution in [0.1, 0.15) is 210 Å². The van der Waals surface area contributed by atoms with E-state index in [0.717, 1.165) is 13.2 Å². The minimum atomic E-state index is -5.08. The first-order chi connectivity index (χ1) is 51.5. The number of rotatable bonds is 33. The SMILES string of the molecule is C.CC(C)(C)OC(=O)NC(CCC(=O)O)C(=O)OC(C)(C)C.CC(C)(C)OC(=O)NC(CCC(=O)ON1C(=O)CCC1=O)C(=O)OC(C)(C)C.CCOCC.C[Se]CC(N)C(=O)O.C[Se]CC(NC(=O)CCC(N)C(=O)O)C(=O)O.C[Se]CC(NC(=O)CCC(NC(=O)OC(C)(C)C)C(=O)OC(C)(C)C)C(=O)O.O=C(O)C(F)(F)F. The van der Waals surface area contributed by atoms with Crippen LogP contribution in [-0.2, 0) is 105 Å². The molecule has 0 radical (unpaired) electrons. The maximum atomic E-state index is 12.4. The van der Waals surface area contributed by atoms with Crippen LogP contribution in [-0.4, -0.2) is 277 Å². The number of hydrogen-bond acceptors (Lipinski definition) is 27. The maximum absolute atomic E-state index is 12.4. The fraction of sp³-hybridized carbons (Fsp3) is 0.757. The molecule has 15 N–H and O–H groups in total. The Morgan fingerprint density at radius 1 is 0.409 bits per heavy atom. The van der Waals surface area contributed by atoms with E-state index < -0.39 is 184 Å². The van der Waals surface area contributed by atoms with Crippen molar-refractivity contribution in [1.82, 2.24) is 31.6 Å². The number of hydrogen-bond donors (Lipinski definition) is 13. The zero-order valence-corrected chi connectivity index (χ0v) is 74.1. The van der Waals surface area contributed by atoms with Crippen LogP contribution in [0.4, 0.5) is 27.6 Å². The predicted molar refractivity (Wildman–Crippen MR) is 411 cm³/mol. The summed E-state index contributed by atoms with van der Waals surface area (Å²) in [6.45, 7) is 35.9. The van der Waals surface area contributed by atoms with Crippen molar-refractivity contribution < 1.29 is 163 Å². The Labute approximate surface area is 688 Å². The maximum Gasteiger partial charge on any atom is 0.490 e. The van der Waals surface area contributed by atoms with E-state index in [1.54, 1.807) is 125 Å². The third-order valence-corrected chi connectivity index (χ3v) is 15.8. The van der Waals surface area contributed by atoms with Crippen molar-refractivity contribution in [2.75, 3.05) is 13.2 Å². The summed E-state index contributed by atoms with van der Waals surface area (Å²) in [6, 6.07) is -6.93. The average Bonchev–Trinajstić information content (AvgIpc) is 1.77. The topological polar surface area (TPSA) is 601 Å². The minimum Gasteiger partial charge on any atom is -0.475 e. The van der Waals surface area contributed by atoms with Gasteiger partial charge in [-0.1, -0.05) is 7.43 Å². The van der Waals surface area contributed by atoms with E-state index in [2.05, 4.69) is 26.6 Å². The second-order valence-electron chi connectivity index (χ2n) is 29.5. The Morgan fingerprint density at radius 2 is 0.678 bits per heavy atom. The number of aliphatic carboxylic acids is 6. The first-order valence-electron chi connectivity index (χ1n) is 34.9. The molecular weight excluding hydrogens is 1740 g/mol. The largest absolute Gasteiger partial charge is 0.490 e. The van der Waals surface area contributed by atoms with Crippen molar-refractivity contribution in [3.05, 3.63) is 0 Å². The number of carbonyl (C=O) groups is 17. The number of hydroxylamine groups is 2. The molecule has 1 heterocycles. The van der Waals surface area contributed by atoms with Crippen LogP contribution in [0.15, 0.2) is 0 Å². The Kier molecular flexibility index (Phi) is 62.1. The molecule has 1 saturated heterocycles. The quantitative estimate of drug-likeness (QED) is 0.0150. The van der Waals surface area contributed by atoms with Crippen LogP contribution in [0.2, 0.25) is 33.4 Å². The molecule has 0 spiro atoms. The Morgan fingerprint density at radius 3 is 0.896 bits per heavy atom. The first-order valence-corrected chi connectivity index (χ1v) is 43.6. The van der Waals surface area contributed by atoms with Crippen molar-refractivity contribution in [1.29, 1.82) is 0 Å². The van der Waals surface area contributed by atoms with Crippen LogP contribution in [0.3, 0.4) is 0 Å². The Balaban J connectivity index is -0.000000252. The van der Waals surface area contributed by atoms with Crippen LogP contribution in [0.25, 0.3) is 0 Å². The van der Waals surface area contributed by atoms with Gasteiger partial charge in [0.1, 0.15) is 34.5 Å². The van der Waals surface area contributed by atoms with Gasteiger partial charge >= 0.3 is 379 Å². The van der Waals surface area contributed by atoms with E-state index in [9.17, 15) is 89.9 Å². The molecule has 39 nitrogen and oxygen atoms in total. The normalized spacial score (nSPS) is 13.7. The van der Waals surface area contributed by atoms with Crippen molar-refractivity contribution in [2.24, 2.45) is 11.5 Å². The van der Waals surface area contributed by atoms with Gasteiger partial charge in [-0.05, 0) is 110 Å². The third kappa shape index (κ3) is 74.4. The number of alkyl carbamates (subject to hydrolysis) is 3. The summed E-state index contributed by atoms with van der Waals surface area (Å²) in [4.78, 5) is 197. The molecule has 0 aliphatic carbocycles. The number of ether oxygens (including phenoxy) is 7. The number of esters is 3. The van der Waals surface area contributed by atoms with E-state index in [1.165, 1.54) is 0 Å². The molecule has 7 unspecified atom stereocenters. The number of nitrogens with zero attached hydrogens (tertiary/aromatic N) is 1. The first kappa shape index (κ1) is 120. The molecule has 1 rings (SSSR count). The Bertz CT molecular complexity index is 3060. The summed E-state index contributed by atoms with van der Waals surface area (Å²) in [7, 11) is 0.